The minimum Gasteiger partial charge on any atom is -0.508 e. The van der Waals surface area contributed by atoms with Gasteiger partial charge in [-0.15, -0.1) is 0 Å². The standard InChI is InChI=1S/C12H13NO2/c1-8(2)13-6-9(7-14)11-4-3-10(15)5-12(11)13/h3-8,15H,1-2H3. The van der Waals surface area contributed by atoms with E-state index in [0.29, 0.717) is 5.56 Å². The zero-order valence-electron chi connectivity index (χ0n) is 8.77. The summed E-state index contributed by atoms with van der Waals surface area (Å²) in [6.07, 6.45) is 2.67. The number of aromatic nitrogens is 1. The van der Waals surface area contributed by atoms with Crippen molar-refractivity contribution in [3.05, 3.63) is 30.0 Å². The average molecular weight is 203 g/mol. The third-order valence-electron chi connectivity index (χ3n) is 2.53. The monoisotopic (exact) mass is 203 g/mol. The van der Waals surface area contributed by atoms with Crippen LogP contribution in [0.4, 0.5) is 0 Å². The molecule has 3 nitrogen and oxygen atoms in total. The number of benzene rings is 1. The lowest BCUT2D eigenvalue weighted by atomic mass is 10.2. The Morgan fingerprint density at radius 2 is 2.13 bits per heavy atom. The molecule has 0 aliphatic carbocycles. The molecule has 0 saturated carbocycles. The van der Waals surface area contributed by atoms with Crippen LogP contribution >= 0.6 is 0 Å². The van der Waals surface area contributed by atoms with Crippen molar-refractivity contribution in [2.75, 3.05) is 0 Å². The number of rotatable bonds is 2. The first-order chi connectivity index (χ1) is 7.13. The molecule has 0 atom stereocenters. The van der Waals surface area contributed by atoms with E-state index in [9.17, 15) is 9.90 Å². The maximum Gasteiger partial charge on any atom is 0.152 e. The van der Waals surface area contributed by atoms with Crippen LogP contribution in [-0.4, -0.2) is 16.0 Å². The van der Waals surface area contributed by atoms with Crippen molar-refractivity contribution < 1.29 is 9.90 Å². The van der Waals surface area contributed by atoms with Crippen LogP contribution in [-0.2, 0) is 0 Å². The van der Waals surface area contributed by atoms with Crippen LogP contribution in [0, 0.1) is 0 Å². The number of hydrogen-bond acceptors (Lipinski definition) is 2. The first kappa shape index (κ1) is 9.77. The third kappa shape index (κ3) is 1.50. The maximum atomic E-state index is 10.9. The molecule has 1 N–H and O–H groups in total. The van der Waals surface area contributed by atoms with Gasteiger partial charge in [0.05, 0.1) is 5.52 Å². The highest BCUT2D eigenvalue weighted by atomic mass is 16.3. The normalized spacial score (nSPS) is 11.1. The number of phenols is 1. The summed E-state index contributed by atoms with van der Waals surface area (Å²) in [6.45, 7) is 4.08. The topological polar surface area (TPSA) is 42.2 Å². The minimum absolute atomic E-state index is 0.222. The summed E-state index contributed by atoms with van der Waals surface area (Å²) in [5.74, 6) is 0.222. The second-order valence-corrected chi connectivity index (χ2v) is 3.90. The zero-order valence-corrected chi connectivity index (χ0v) is 8.77. The van der Waals surface area contributed by atoms with E-state index in [1.807, 2.05) is 24.6 Å². The third-order valence-corrected chi connectivity index (χ3v) is 2.53. The highest BCUT2D eigenvalue weighted by Crippen LogP contribution is 2.26. The zero-order chi connectivity index (χ0) is 11.0. The van der Waals surface area contributed by atoms with Gasteiger partial charge in [-0.1, -0.05) is 0 Å². The molecule has 3 heteroatoms. The van der Waals surface area contributed by atoms with Gasteiger partial charge < -0.3 is 9.67 Å². The van der Waals surface area contributed by atoms with Gasteiger partial charge in [-0.25, -0.2) is 0 Å². The lowest BCUT2D eigenvalue weighted by Gasteiger charge is -2.08. The Hall–Kier alpha value is -1.77. The van der Waals surface area contributed by atoms with Gasteiger partial charge in [0.2, 0.25) is 0 Å². The second-order valence-electron chi connectivity index (χ2n) is 3.90. The number of aldehydes is 1. The predicted octanol–water partition coefficient (Wildman–Crippen LogP) is 2.74. The Morgan fingerprint density at radius 3 is 2.73 bits per heavy atom. The van der Waals surface area contributed by atoms with Gasteiger partial charge in [-0.05, 0) is 26.0 Å². The molecule has 1 aromatic heterocycles. The summed E-state index contributed by atoms with van der Waals surface area (Å²) in [7, 11) is 0. The van der Waals surface area contributed by atoms with Crippen LogP contribution in [0.5, 0.6) is 5.75 Å². The molecule has 0 bridgehead atoms. The molecule has 0 unspecified atom stereocenters. The first-order valence-electron chi connectivity index (χ1n) is 4.92. The summed E-state index contributed by atoms with van der Waals surface area (Å²) >= 11 is 0. The largest absolute Gasteiger partial charge is 0.508 e. The molecule has 15 heavy (non-hydrogen) atoms. The van der Waals surface area contributed by atoms with Gasteiger partial charge in [-0.3, -0.25) is 4.79 Å². The number of hydrogen-bond donors (Lipinski definition) is 1. The summed E-state index contributed by atoms with van der Waals surface area (Å²) < 4.78 is 1.98. The number of fused-ring (bicyclic) bond motifs is 1. The van der Waals surface area contributed by atoms with Gasteiger partial charge in [0, 0.05) is 29.3 Å². The van der Waals surface area contributed by atoms with Crippen molar-refractivity contribution in [1.29, 1.82) is 0 Å². The van der Waals surface area contributed by atoms with E-state index >= 15 is 0 Å². The van der Waals surface area contributed by atoms with Crippen LogP contribution in [0.15, 0.2) is 24.4 Å². The van der Waals surface area contributed by atoms with E-state index in [1.165, 1.54) is 0 Å². The molecule has 1 aromatic carbocycles. The van der Waals surface area contributed by atoms with Crippen LogP contribution in [0.2, 0.25) is 0 Å². The molecule has 2 aromatic rings. The molecule has 0 radical (unpaired) electrons. The van der Waals surface area contributed by atoms with E-state index in [2.05, 4.69) is 0 Å². The number of aromatic hydroxyl groups is 1. The van der Waals surface area contributed by atoms with E-state index in [0.717, 1.165) is 17.2 Å². The lowest BCUT2D eigenvalue weighted by molar-refractivity contribution is 0.112. The fraction of sp³-hybridized carbons (Fsp3) is 0.250. The first-order valence-corrected chi connectivity index (χ1v) is 4.92. The Morgan fingerprint density at radius 1 is 1.40 bits per heavy atom. The number of carbonyl (C=O) groups excluding carboxylic acids is 1. The lowest BCUT2D eigenvalue weighted by Crippen LogP contribution is -1.97. The molecule has 0 amide bonds. The van der Waals surface area contributed by atoms with Gasteiger partial charge in [0.15, 0.2) is 6.29 Å². The highest BCUT2D eigenvalue weighted by Gasteiger charge is 2.10. The smallest absolute Gasteiger partial charge is 0.152 e. The van der Waals surface area contributed by atoms with Crippen molar-refractivity contribution >= 4 is 17.2 Å². The average Bonchev–Trinajstić information content (AvgIpc) is 2.55. The number of carbonyl (C=O) groups is 1. The Labute approximate surface area is 87.9 Å². The van der Waals surface area contributed by atoms with Crippen LogP contribution < -0.4 is 0 Å². The fourth-order valence-corrected chi connectivity index (χ4v) is 1.79. The minimum atomic E-state index is 0.222. The molecule has 78 valence electrons. The quantitative estimate of drug-likeness (QED) is 0.762. The molecule has 0 aliphatic heterocycles. The van der Waals surface area contributed by atoms with Crippen molar-refractivity contribution in [1.82, 2.24) is 4.57 Å². The van der Waals surface area contributed by atoms with E-state index < -0.39 is 0 Å². The van der Waals surface area contributed by atoms with E-state index in [-0.39, 0.29) is 11.8 Å². The summed E-state index contributed by atoms with van der Waals surface area (Å²) in [5.41, 5.74) is 1.56. The van der Waals surface area contributed by atoms with E-state index in [1.54, 1.807) is 18.2 Å². The molecular weight excluding hydrogens is 190 g/mol. The number of phenolic OH excluding ortho intramolecular Hbond substituents is 1. The van der Waals surface area contributed by atoms with Gasteiger partial charge in [0.25, 0.3) is 0 Å². The highest BCUT2D eigenvalue weighted by molar-refractivity contribution is 5.98. The molecule has 0 saturated heterocycles. The molecule has 0 spiro atoms. The SMILES string of the molecule is CC(C)n1cc(C=O)c2ccc(O)cc21. The van der Waals surface area contributed by atoms with Gasteiger partial charge in [0.1, 0.15) is 5.75 Å². The van der Waals surface area contributed by atoms with Crippen LogP contribution in [0.3, 0.4) is 0 Å². The summed E-state index contributed by atoms with van der Waals surface area (Å²) in [5, 5.41) is 10.3. The Balaban J connectivity index is 2.81. The molecule has 0 fully saturated rings. The van der Waals surface area contributed by atoms with Crippen molar-refractivity contribution in [3.8, 4) is 5.75 Å². The summed E-state index contributed by atoms with van der Waals surface area (Å²) in [6, 6.07) is 5.32. The number of nitrogens with zero attached hydrogens (tertiary/aromatic N) is 1. The maximum absolute atomic E-state index is 10.9. The molecular formula is C12H13NO2. The predicted molar refractivity (Wildman–Crippen MR) is 59.4 cm³/mol. The van der Waals surface area contributed by atoms with Crippen LogP contribution in [0.1, 0.15) is 30.2 Å². The molecule has 1 heterocycles. The Kier molecular flexibility index (Phi) is 2.23. The van der Waals surface area contributed by atoms with Crippen molar-refractivity contribution in [2.45, 2.75) is 19.9 Å². The second kappa shape index (κ2) is 3.42. The molecule has 2 rings (SSSR count). The fourth-order valence-electron chi connectivity index (χ4n) is 1.79. The Bertz CT molecular complexity index is 512. The molecule has 0 aliphatic rings. The van der Waals surface area contributed by atoms with E-state index in [4.69, 9.17) is 0 Å². The van der Waals surface area contributed by atoms with Gasteiger partial charge >= 0.3 is 0 Å². The van der Waals surface area contributed by atoms with Gasteiger partial charge in [-0.2, -0.15) is 0 Å². The summed E-state index contributed by atoms with van der Waals surface area (Å²) in [4.78, 5) is 10.9. The van der Waals surface area contributed by atoms with Crippen LogP contribution in [0.25, 0.3) is 10.9 Å². The van der Waals surface area contributed by atoms with Crippen molar-refractivity contribution in [2.24, 2.45) is 0 Å². The van der Waals surface area contributed by atoms with Crippen molar-refractivity contribution in [3.63, 3.8) is 0 Å².